The smallest absolute Gasteiger partial charge is 0.405 e. The summed E-state index contributed by atoms with van der Waals surface area (Å²) in [5, 5.41) is 30.1. The van der Waals surface area contributed by atoms with Crippen LogP contribution in [0, 0.1) is 11.5 Å². The molecule has 0 spiro atoms. The number of carbonyl (C=O) groups is 1. The highest BCUT2D eigenvalue weighted by Crippen LogP contribution is 2.26. The van der Waals surface area contributed by atoms with Crippen molar-refractivity contribution in [2.75, 3.05) is 33.8 Å². The van der Waals surface area contributed by atoms with Gasteiger partial charge < -0.3 is 20.1 Å². The van der Waals surface area contributed by atoms with E-state index in [0.29, 0.717) is 39.4 Å². The van der Waals surface area contributed by atoms with Crippen molar-refractivity contribution in [3.8, 4) is 11.9 Å². The van der Waals surface area contributed by atoms with Gasteiger partial charge in [0.25, 0.3) is 0 Å². The Morgan fingerprint density at radius 3 is 2.79 bits per heavy atom. The number of halogens is 2. The van der Waals surface area contributed by atoms with E-state index in [1.54, 1.807) is 36.4 Å². The van der Waals surface area contributed by atoms with Crippen molar-refractivity contribution in [3.63, 3.8) is 0 Å². The topological polar surface area (TPSA) is 126 Å². The van der Waals surface area contributed by atoms with Gasteiger partial charge in [-0.25, -0.2) is 14.8 Å². The van der Waals surface area contributed by atoms with E-state index >= 15 is 0 Å². The summed E-state index contributed by atoms with van der Waals surface area (Å²) in [7, 11) is 3.92. The monoisotopic (exact) mass is 503 g/mol. The van der Waals surface area contributed by atoms with Crippen molar-refractivity contribution >= 4 is 46.7 Å². The lowest BCUT2D eigenvalue weighted by molar-refractivity contribution is 0.192. The van der Waals surface area contributed by atoms with E-state index in [9.17, 15) is 15.2 Å². The minimum Gasteiger partial charge on any atom is -0.492 e. The molecule has 0 aromatic heterocycles. The Balaban J connectivity index is 1.90. The van der Waals surface area contributed by atoms with Crippen LogP contribution in [-0.2, 0) is 0 Å². The summed E-state index contributed by atoms with van der Waals surface area (Å²) in [4.78, 5) is 17.9. The Hall–Kier alpha value is -3.52. The van der Waals surface area contributed by atoms with Crippen LogP contribution in [0.25, 0.3) is 0 Å². The van der Waals surface area contributed by atoms with Crippen molar-refractivity contribution in [3.05, 3.63) is 58.1 Å². The van der Waals surface area contributed by atoms with Gasteiger partial charge in [0.05, 0.1) is 34.0 Å². The standard InChI is InChI=1S/C22H23Cl2N7O3/c1-30(2)8-9-34-16-5-3-4-15(11-16)27-21(26-13-25)31-12-19(28-22(32)33)20(29-31)14-6-7-17(23)18(24)10-14/h3-7,10-11,19,28H,8-9,12H2,1-2H3,(H,26,27)(H,32,33). The van der Waals surface area contributed by atoms with Gasteiger partial charge in [-0.05, 0) is 38.4 Å². The molecule has 0 saturated heterocycles. The highest BCUT2D eigenvalue weighted by atomic mass is 35.5. The van der Waals surface area contributed by atoms with Crippen LogP contribution in [0.2, 0.25) is 10.0 Å². The van der Waals surface area contributed by atoms with Gasteiger partial charge in [-0.1, -0.05) is 35.3 Å². The summed E-state index contributed by atoms with van der Waals surface area (Å²) in [6.45, 7) is 1.37. The molecule has 2 aromatic carbocycles. The Labute approximate surface area is 207 Å². The van der Waals surface area contributed by atoms with E-state index in [1.807, 2.05) is 31.3 Å². The predicted octanol–water partition coefficient (Wildman–Crippen LogP) is 3.35. The number of nitriles is 1. The number of nitrogens with one attached hydrogen (secondary N) is 2. The van der Waals surface area contributed by atoms with Gasteiger partial charge in [0.2, 0.25) is 5.96 Å². The molecule has 1 heterocycles. The lowest BCUT2D eigenvalue weighted by Crippen LogP contribution is -2.44. The second kappa shape index (κ2) is 11.6. The molecule has 1 atom stereocenters. The quantitative estimate of drug-likeness (QED) is 0.229. The molecule has 178 valence electrons. The van der Waals surface area contributed by atoms with Crippen molar-refractivity contribution < 1.29 is 14.6 Å². The summed E-state index contributed by atoms with van der Waals surface area (Å²) >= 11 is 12.1. The van der Waals surface area contributed by atoms with E-state index in [-0.39, 0.29) is 12.5 Å². The molecule has 0 bridgehead atoms. The molecule has 2 aromatic rings. The van der Waals surface area contributed by atoms with Crippen LogP contribution in [-0.4, -0.2) is 72.6 Å². The molecular weight excluding hydrogens is 481 g/mol. The number of hydrogen-bond donors (Lipinski definition) is 3. The molecule has 12 heteroatoms. The van der Waals surface area contributed by atoms with Crippen molar-refractivity contribution in [1.29, 1.82) is 5.26 Å². The average Bonchev–Trinajstić information content (AvgIpc) is 3.18. The summed E-state index contributed by atoms with van der Waals surface area (Å²) < 4.78 is 5.74. The summed E-state index contributed by atoms with van der Waals surface area (Å²) in [5.41, 5.74) is 1.53. The van der Waals surface area contributed by atoms with E-state index in [4.69, 9.17) is 27.9 Å². The van der Waals surface area contributed by atoms with Gasteiger partial charge in [-0.2, -0.15) is 10.4 Å². The molecule has 1 unspecified atom stereocenters. The predicted molar refractivity (Wildman–Crippen MR) is 131 cm³/mol. The first kappa shape index (κ1) is 25.1. The zero-order chi connectivity index (χ0) is 24.7. The number of aliphatic imine (C=N–C) groups is 1. The highest BCUT2D eigenvalue weighted by Gasteiger charge is 2.32. The molecule has 1 aliphatic heterocycles. The number of carboxylic acid groups (broad SMARTS) is 1. The zero-order valence-electron chi connectivity index (χ0n) is 18.5. The third kappa shape index (κ3) is 6.74. The molecule has 0 aliphatic carbocycles. The summed E-state index contributed by atoms with van der Waals surface area (Å²) in [6, 6.07) is 11.3. The minimum absolute atomic E-state index is 0.106. The number of likely N-dealkylation sites (N-methyl/N-ethyl adjacent to an activating group) is 1. The van der Waals surface area contributed by atoms with Gasteiger partial charge in [0.1, 0.15) is 12.4 Å². The number of amides is 1. The molecule has 34 heavy (non-hydrogen) atoms. The minimum atomic E-state index is -1.21. The SMILES string of the molecule is CN(C)CCOc1cccc(N=C(NC#N)N2CC(NC(=O)O)C(c3ccc(Cl)c(Cl)c3)=N2)c1. The number of ether oxygens (including phenoxy) is 1. The van der Waals surface area contributed by atoms with E-state index in [0.717, 1.165) is 6.54 Å². The van der Waals surface area contributed by atoms with E-state index in [1.165, 1.54) is 5.01 Å². The zero-order valence-corrected chi connectivity index (χ0v) is 20.0. The third-order valence-electron chi connectivity index (χ3n) is 4.70. The first-order valence-corrected chi connectivity index (χ1v) is 10.9. The van der Waals surface area contributed by atoms with Gasteiger partial charge in [0, 0.05) is 18.2 Å². The largest absolute Gasteiger partial charge is 0.492 e. The number of nitrogens with zero attached hydrogens (tertiary/aromatic N) is 5. The van der Waals surface area contributed by atoms with Crippen molar-refractivity contribution in [2.45, 2.75) is 6.04 Å². The third-order valence-corrected chi connectivity index (χ3v) is 5.44. The Morgan fingerprint density at radius 1 is 1.32 bits per heavy atom. The summed E-state index contributed by atoms with van der Waals surface area (Å²) in [6.07, 6.45) is 0.635. The molecule has 1 amide bonds. The lowest BCUT2D eigenvalue weighted by Gasteiger charge is -2.17. The fourth-order valence-electron chi connectivity index (χ4n) is 3.12. The van der Waals surface area contributed by atoms with E-state index < -0.39 is 12.1 Å². The normalized spacial score (nSPS) is 15.6. The average molecular weight is 504 g/mol. The molecular formula is C22H23Cl2N7O3. The van der Waals surface area contributed by atoms with Crippen LogP contribution in [0.3, 0.4) is 0 Å². The van der Waals surface area contributed by atoms with Crippen LogP contribution < -0.4 is 15.4 Å². The second-order valence-corrected chi connectivity index (χ2v) is 8.33. The molecule has 10 nitrogen and oxygen atoms in total. The molecule has 1 aliphatic rings. The maximum atomic E-state index is 11.4. The van der Waals surface area contributed by atoms with Crippen LogP contribution in [0.1, 0.15) is 5.56 Å². The Morgan fingerprint density at radius 2 is 2.12 bits per heavy atom. The van der Waals surface area contributed by atoms with Crippen LogP contribution >= 0.6 is 23.2 Å². The van der Waals surface area contributed by atoms with Crippen molar-refractivity contribution in [2.24, 2.45) is 10.1 Å². The Bertz CT molecular complexity index is 1150. The maximum absolute atomic E-state index is 11.4. The second-order valence-electron chi connectivity index (χ2n) is 7.52. The number of hydrogen-bond acceptors (Lipinski definition) is 6. The van der Waals surface area contributed by atoms with Crippen LogP contribution in [0.5, 0.6) is 5.75 Å². The van der Waals surface area contributed by atoms with Crippen LogP contribution in [0.4, 0.5) is 10.5 Å². The summed E-state index contributed by atoms with van der Waals surface area (Å²) in [5.74, 6) is 0.756. The number of hydrazone groups is 1. The fraction of sp³-hybridized carbons (Fsp3) is 0.273. The lowest BCUT2D eigenvalue weighted by atomic mass is 10.0. The van der Waals surface area contributed by atoms with Gasteiger partial charge in [-0.3, -0.25) is 5.32 Å². The number of benzene rings is 2. The Kier molecular flexibility index (Phi) is 8.54. The molecule has 3 rings (SSSR count). The maximum Gasteiger partial charge on any atom is 0.405 e. The molecule has 0 radical (unpaired) electrons. The van der Waals surface area contributed by atoms with Gasteiger partial charge in [-0.15, -0.1) is 0 Å². The van der Waals surface area contributed by atoms with Gasteiger partial charge in [0.15, 0.2) is 6.19 Å². The number of rotatable bonds is 7. The molecule has 0 fully saturated rings. The molecule has 0 saturated carbocycles. The van der Waals surface area contributed by atoms with E-state index in [2.05, 4.69) is 20.7 Å². The first-order chi connectivity index (χ1) is 16.3. The fourth-order valence-corrected chi connectivity index (χ4v) is 3.42. The van der Waals surface area contributed by atoms with Crippen LogP contribution in [0.15, 0.2) is 52.6 Å². The first-order valence-electron chi connectivity index (χ1n) is 10.2. The number of guanidine groups is 1. The molecule has 3 N–H and O–H groups in total. The highest BCUT2D eigenvalue weighted by molar-refractivity contribution is 6.42. The van der Waals surface area contributed by atoms with Gasteiger partial charge >= 0.3 is 6.09 Å². The van der Waals surface area contributed by atoms with Crippen molar-refractivity contribution in [1.82, 2.24) is 20.5 Å².